The molecule has 1 aliphatic heterocycles. The highest BCUT2D eigenvalue weighted by molar-refractivity contribution is 6.01. The molecule has 0 radical (unpaired) electrons. The minimum atomic E-state index is -1.03. The second-order valence-electron chi connectivity index (χ2n) is 5.41. The van der Waals surface area contributed by atoms with Gasteiger partial charge in [-0.15, -0.1) is 0 Å². The van der Waals surface area contributed by atoms with Crippen molar-refractivity contribution in [1.29, 1.82) is 0 Å². The van der Waals surface area contributed by atoms with Gasteiger partial charge in [-0.1, -0.05) is 12.1 Å². The van der Waals surface area contributed by atoms with Gasteiger partial charge < -0.3 is 5.11 Å². The highest BCUT2D eigenvalue weighted by Gasteiger charge is 2.30. The Bertz CT molecular complexity index is 850. The van der Waals surface area contributed by atoms with Crippen LogP contribution >= 0.6 is 0 Å². The lowest BCUT2D eigenvalue weighted by molar-refractivity contribution is -0.136. The van der Waals surface area contributed by atoms with Crippen LogP contribution in [-0.4, -0.2) is 32.7 Å². The van der Waals surface area contributed by atoms with Gasteiger partial charge in [-0.2, -0.15) is 5.10 Å². The van der Waals surface area contributed by atoms with Crippen LogP contribution in [0.5, 0.6) is 0 Å². The lowest BCUT2D eigenvalue weighted by Gasteiger charge is -2.21. The van der Waals surface area contributed by atoms with Crippen LogP contribution in [0.25, 0.3) is 17.0 Å². The van der Waals surface area contributed by atoms with Crippen LogP contribution < -0.4 is 5.32 Å². The van der Waals surface area contributed by atoms with Crippen molar-refractivity contribution in [1.82, 2.24) is 15.1 Å². The third-order valence-corrected chi connectivity index (χ3v) is 3.85. The first-order valence-corrected chi connectivity index (χ1v) is 7.20. The van der Waals surface area contributed by atoms with E-state index in [0.717, 1.165) is 22.5 Å². The Morgan fingerprint density at radius 1 is 1.43 bits per heavy atom. The van der Waals surface area contributed by atoms with Crippen LogP contribution in [0.4, 0.5) is 0 Å². The summed E-state index contributed by atoms with van der Waals surface area (Å²) in [6.07, 6.45) is 3.25. The first-order chi connectivity index (χ1) is 11.0. The number of nitrogens with zero attached hydrogens (tertiary/aromatic N) is 2. The van der Waals surface area contributed by atoms with Gasteiger partial charge in [-0.25, -0.2) is 4.79 Å². The zero-order chi connectivity index (χ0) is 16.6. The molecule has 1 aromatic heterocycles. The average molecular weight is 313 g/mol. The van der Waals surface area contributed by atoms with Crippen molar-refractivity contribution in [3.63, 3.8) is 0 Å². The monoisotopic (exact) mass is 313 g/mol. The van der Waals surface area contributed by atoms with Gasteiger partial charge in [-0.3, -0.25) is 19.6 Å². The van der Waals surface area contributed by atoms with Crippen molar-refractivity contribution in [3.8, 4) is 0 Å². The molecule has 2 N–H and O–H groups in total. The number of hydrogen-bond donors (Lipinski definition) is 2. The Balaban J connectivity index is 2.10. The second kappa shape index (κ2) is 5.68. The van der Waals surface area contributed by atoms with E-state index in [1.165, 1.54) is 6.08 Å². The van der Waals surface area contributed by atoms with E-state index in [-0.39, 0.29) is 18.2 Å². The number of rotatable bonds is 3. The second-order valence-corrected chi connectivity index (χ2v) is 5.41. The van der Waals surface area contributed by atoms with Gasteiger partial charge in [0.15, 0.2) is 0 Å². The summed E-state index contributed by atoms with van der Waals surface area (Å²) < 4.78 is 1.62. The molecule has 2 aromatic rings. The van der Waals surface area contributed by atoms with Crippen molar-refractivity contribution in [3.05, 3.63) is 35.5 Å². The fraction of sp³-hybridized carbons (Fsp3) is 0.250. The van der Waals surface area contributed by atoms with E-state index < -0.39 is 12.0 Å². The fourth-order valence-corrected chi connectivity index (χ4v) is 2.86. The highest BCUT2D eigenvalue weighted by atomic mass is 16.4. The van der Waals surface area contributed by atoms with Gasteiger partial charge in [-0.05, 0) is 31.1 Å². The van der Waals surface area contributed by atoms with Crippen LogP contribution in [0.15, 0.2) is 24.3 Å². The molecule has 1 aliphatic rings. The number of nitrogens with one attached hydrogen (secondary N) is 1. The molecule has 0 bridgehead atoms. The van der Waals surface area contributed by atoms with Gasteiger partial charge in [0.1, 0.15) is 6.04 Å². The molecular formula is C16H15N3O4. The van der Waals surface area contributed by atoms with E-state index in [9.17, 15) is 14.4 Å². The average Bonchev–Trinajstić information content (AvgIpc) is 2.83. The molecule has 1 aromatic carbocycles. The maximum Gasteiger partial charge on any atom is 0.328 e. The number of benzene rings is 1. The van der Waals surface area contributed by atoms with Crippen molar-refractivity contribution in [2.45, 2.75) is 25.8 Å². The van der Waals surface area contributed by atoms with Gasteiger partial charge in [0, 0.05) is 17.9 Å². The number of carbonyl (C=O) groups is 3. The number of aliphatic carboxylic acids is 1. The minimum Gasteiger partial charge on any atom is -0.478 e. The molecular weight excluding hydrogens is 298 g/mol. The van der Waals surface area contributed by atoms with Gasteiger partial charge in [0.25, 0.3) is 5.91 Å². The Morgan fingerprint density at radius 2 is 2.22 bits per heavy atom. The maximum absolute atomic E-state index is 12.1. The summed E-state index contributed by atoms with van der Waals surface area (Å²) in [6.45, 7) is 1.81. The molecule has 0 aliphatic carbocycles. The topological polar surface area (TPSA) is 101 Å². The molecule has 7 heteroatoms. The molecule has 1 saturated heterocycles. The predicted octanol–water partition coefficient (Wildman–Crippen LogP) is 1.42. The molecule has 1 fully saturated rings. The molecule has 1 atom stereocenters. The molecule has 3 rings (SSSR count). The molecule has 1 unspecified atom stereocenters. The zero-order valence-corrected chi connectivity index (χ0v) is 12.4. The number of imide groups is 1. The standard InChI is InChI=1S/C16H15N3O4/c1-9-15-10(5-8-14(21)22)3-2-4-11(15)19(18-9)12-6-7-13(20)17-16(12)23/h2-5,8,12H,6-7H2,1H3,(H,21,22)(H,17,20,23)/b8-5+. The largest absolute Gasteiger partial charge is 0.478 e. The number of carboxylic acid groups (broad SMARTS) is 1. The van der Waals surface area contributed by atoms with Gasteiger partial charge in [0.05, 0.1) is 11.2 Å². The quantitative estimate of drug-likeness (QED) is 0.659. The van der Waals surface area contributed by atoms with Crippen molar-refractivity contribution < 1.29 is 19.5 Å². The van der Waals surface area contributed by atoms with E-state index in [1.54, 1.807) is 16.8 Å². The van der Waals surface area contributed by atoms with Crippen molar-refractivity contribution in [2.24, 2.45) is 0 Å². The molecule has 0 spiro atoms. The van der Waals surface area contributed by atoms with Gasteiger partial charge >= 0.3 is 5.97 Å². The first kappa shape index (κ1) is 15.0. The van der Waals surface area contributed by atoms with Crippen molar-refractivity contribution in [2.75, 3.05) is 0 Å². The van der Waals surface area contributed by atoms with E-state index in [4.69, 9.17) is 5.11 Å². The van der Waals surface area contributed by atoms with Crippen molar-refractivity contribution >= 4 is 34.8 Å². The lowest BCUT2D eigenvalue weighted by atomic mass is 10.0. The Morgan fingerprint density at radius 3 is 2.91 bits per heavy atom. The summed E-state index contributed by atoms with van der Waals surface area (Å²) in [7, 11) is 0. The number of aryl methyl sites for hydroxylation is 1. The molecule has 23 heavy (non-hydrogen) atoms. The number of amides is 2. The molecule has 118 valence electrons. The van der Waals surface area contributed by atoms with Crippen LogP contribution in [-0.2, 0) is 14.4 Å². The summed E-state index contributed by atoms with van der Waals surface area (Å²) in [6, 6.07) is 4.87. The number of carboxylic acids is 1. The lowest BCUT2D eigenvalue weighted by Crippen LogP contribution is -2.42. The van der Waals surface area contributed by atoms with Gasteiger partial charge in [0.2, 0.25) is 5.91 Å². The number of hydrogen-bond acceptors (Lipinski definition) is 4. The SMILES string of the molecule is Cc1nn(C2CCC(=O)NC2=O)c2cccc(/C=C/C(=O)O)c12. The van der Waals surface area contributed by atoms with Crippen LogP contribution in [0.1, 0.15) is 30.1 Å². The molecule has 7 nitrogen and oxygen atoms in total. The first-order valence-electron chi connectivity index (χ1n) is 7.20. The summed E-state index contributed by atoms with van der Waals surface area (Å²) in [5.74, 6) is -1.67. The zero-order valence-electron chi connectivity index (χ0n) is 12.4. The number of fused-ring (bicyclic) bond motifs is 1. The fourth-order valence-electron chi connectivity index (χ4n) is 2.86. The molecule has 2 amide bonds. The Labute approximate surface area is 131 Å². The summed E-state index contributed by atoms with van der Waals surface area (Å²) in [5, 5.41) is 16.4. The maximum atomic E-state index is 12.1. The van der Waals surface area contributed by atoms with E-state index in [0.29, 0.717) is 12.1 Å². The molecule has 2 heterocycles. The number of aromatic nitrogens is 2. The van der Waals surface area contributed by atoms with E-state index in [1.807, 2.05) is 13.0 Å². The molecule has 0 saturated carbocycles. The normalized spacial score (nSPS) is 18.6. The Hall–Kier alpha value is -2.96. The summed E-state index contributed by atoms with van der Waals surface area (Å²) in [5.41, 5.74) is 2.17. The smallest absolute Gasteiger partial charge is 0.328 e. The van der Waals surface area contributed by atoms with Crippen LogP contribution in [0.2, 0.25) is 0 Å². The van der Waals surface area contributed by atoms with E-state index in [2.05, 4.69) is 10.4 Å². The third kappa shape index (κ3) is 2.73. The van der Waals surface area contributed by atoms with E-state index >= 15 is 0 Å². The van der Waals surface area contributed by atoms with Crippen LogP contribution in [0, 0.1) is 6.92 Å². The highest BCUT2D eigenvalue weighted by Crippen LogP contribution is 2.28. The predicted molar refractivity (Wildman–Crippen MR) is 82.6 cm³/mol. The number of carbonyl (C=O) groups excluding carboxylic acids is 2. The Kier molecular flexibility index (Phi) is 3.69. The minimum absolute atomic E-state index is 0.273. The number of piperidine rings is 1. The summed E-state index contributed by atoms with van der Waals surface area (Å²) >= 11 is 0. The third-order valence-electron chi connectivity index (χ3n) is 3.85. The van der Waals surface area contributed by atoms with Crippen LogP contribution in [0.3, 0.4) is 0 Å². The summed E-state index contributed by atoms with van der Waals surface area (Å²) in [4.78, 5) is 34.1.